The van der Waals surface area contributed by atoms with Crippen molar-refractivity contribution in [3.8, 4) is 0 Å². The van der Waals surface area contributed by atoms with E-state index in [-0.39, 0.29) is 43.5 Å². The van der Waals surface area contributed by atoms with Crippen LogP contribution in [0.2, 0.25) is 0 Å². The fourth-order valence-electron chi connectivity index (χ4n) is 6.50. The molecule has 0 bridgehead atoms. The number of anilines is 2. The van der Waals surface area contributed by atoms with E-state index in [1.54, 1.807) is 12.1 Å². The lowest BCUT2D eigenvalue weighted by molar-refractivity contribution is -0.253. The Morgan fingerprint density at radius 2 is 1.26 bits per heavy atom. The Hall–Kier alpha value is -5.32. The van der Waals surface area contributed by atoms with E-state index in [0.29, 0.717) is 37.3 Å². The molecule has 1 aliphatic heterocycles. The molecule has 1 aliphatic rings. The Bertz CT molecular complexity index is 1850. The van der Waals surface area contributed by atoms with Gasteiger partial charge in [0.2, 0.25) is 11.8 Å². The lowest BCUT2D eigenvalue weighted by Gasteiger charge is -2.38. The van der Waals surface area contributed by atoms with Crippen LogP contribution in [0.4, 0.5) is 11.4 Å². The molecule has 6 rings (SSSR count). The van der Waals surface area contributed by atoms with Gasteiger partial charge >= 0.3 is 0 Å². The average Bonchev–Trinajstić information content (AvgIpc) is 3.19. The van der Waals surface area contributed by atoms with Crippen LogP contribution in [0.15, 0.2) is 133 Å². The molecule has 1 saturated heterocycles. The maximum atomic E-state index is 12.6. The van der Waals surface area contributed by atoms with Crippen molar-refractivity contribution in [3.05, 3.63) is 167 Å². The van der Waals surface area contributed by atoms with Crippen molar-refractivity contribution >= 4 is 23.2 Å². The van der Waals surface area contributed by atoms with Crippen molar-refractivity contribution in [1.82, 2.24) is 10.2 Å². The summed E-state index contributed by atoms with van der Waals surface area (Å²) in [7, 11) is 0. The van der Waals surface area contributed by atoms with Crippen molar-refractivity contribution < 1.29 is 24.2 Å². The highest BCUT2D eigenvalue weighted by Gasteiger charge is 2.33. The van der Waals surface area contributed by atoms with Crippen molar-refractivity contribution in [2.45, 2.75) is 70.4 Å². The molecule has 53 heavy (non-hydrogen) atoms. The molecule has 1 heterocycles. The number of nitrogens with two attached hydrogens (primary N) is 1. The third-order valence-corrected chi connectivity index (χ3v) is 9.36. The lowest BCUT2D eigenvalue weighted by Crippen LogP contribution is -2.39. The summed E-state index contributed by atoms with van der Waals surface area (Å²) in [6.07, 6.45) is 0.671. The second-order valence-corrected chi connectivity index (χ2v) is 13.5. The van der Waals surface area contributed by atoms with Gasteiger partial charge in [0.1, 0.15) is 0 Å². The van der Waals surface area contributed by atoms with Crippen LogP contribution >= 0.6 is 0 Å². The summed E-state index contributed by atoms with van der Waals surface area (Å²) in [4.78, 5) is 27.3. The van der Waals surface area contributed by atoms with Gasteiger partial charge in [0.05, 0.1) is 30.2 Å². The van der Waals surface area contributed by atoms with Crippen molar-refractivity contribution in [2.24, 2.45) is 0 Å². The number of ether oxygens (including phenoxy) is 2. The molecule has 0 aliphatic carbocycles. The first-order valence-corrected chi connectivity index (χ1v) is 18.2. The molecule has 5 aromatic rings. The Labute approximate surface area is 311 Å². The number of nitrogens with one attached hydrogen (secondary N) is 2. The fourth-order valence-corrected chi connectivity index (χ4v) is 6.50. The smallest absolute Gasteiger partial charge is 0.224 e. The normalized spacial score (nSPS) is 17.0. The lowest BCUT2D eigenvalue weighted by atomic mass is 9.99. The maximum absolute atomic E-state index is 12.6. The molecule has 0 saturated carbocycles. The summed E-state index contributed by atoms with van der Waals surface area (Å²) in [6.45, 7) is 2.64. The van der Waals surface area contributed by atoms with Gasteiger partial charge < -0.3 is 30.9 Å². The fraction of sp³-hybridized carbons (Fsp3) is 0.273. The van der Waals surface area contributed by atoms with Gasteiger partial charge in [-0.25, -0.2) is 0 Å². The Morgan fingerprint density at radius 3 is 1.91 bits per heavy atom. The third kappa shape index (κ3) is 11.3. The monoisotopic (exact) mass is 712 g/mol. The number of hydrogen-bond acceptors (Lipinski definition) is 7. The van der Waals surface area contributed by atoms with Crippen LogP contribution in [-0.2, 0) is 45.3 Å². The highest BCUT2D eigenvalue weighted by molar-refractivity contribution is 5.93. The third-order valence-electron chi connectivity index (χ3n) is 9.36. The molecule has 274 valence electrons. The molecule has 9 heteroatoms. The standard InChI is InChI=1S/C44H48N4O5/c45-39-14-7-8-15-40(39)47-43(51)17-9-16-42(50)46-27-32-18-24-37(25-19-32)44-52-38(26-41(53-44)36-22-20-35(31-49)21-23-36)30-48(28-33-10-3-1-4-11-33)29-34-12-5-2-6-13-34/h1-8,10-15,18-25,38,41,44,49H,9,16-17,26-31,45H2,(H,46,50)(H,47,51)/t38-,41+,44+/m1/s1. The number of aliphatic hydroxyl groups is 1. The van der Waals surface area contributed by atoms with Gasteiger partial charge in [-0.2, -0.15) is 0 Å². The van der Waals surface area contributed by atoms with E-state index >= 15 is 0 Å². The summed E-state index contributed by atoms with van der Waals surface area (Å²) in [5, 5.41) is 15.4. The van der Waals surface area contributed by atoms with E-state index in [9.17, 15) is 14.7 Å². The molecule has 0 aromatic heterocycles. The van der Waals surface area contributed by atoms with Crippen LogP contribution < -0.4 is 16.4 Å². The summed E-state index contributed by atoms with van der Waals surface area (Å²) in [6, 6.07) is 44.0. The molecular weight excluding hydrogens is 665 g/mol. The summed E-state index contributed by atoms with van der Waals surface area (Å²) in [5.74, 6) is -0.293. The number of para-hydroxylation sites is 2. The number of amides is 2. The van der Waals surface area contributed by atoms with Crippen LogP contribution in [0.5, 0.6) is 0 Å². The molecule has 9 nitrogen and oxygen atoms in total. The highest BCUT2D eigenvalue weighted by Crippen LogP contribution is 2.38. The molecule has 0 spiro atoms. The zero-order chi connectivity index (χ0) is 36.8. The van der Waals surface area contributed by atoms with E-state index in [1.807, 2.05) is 72.8 Å². The Morgan fingerprint density at radius 1 is 0.679 bits per heavy atom. The largest absolute Gasteiger partial charge is 0.397 e. The van der Waals surface area contributed by atoms with E-state index in [0.717, 1.165) is 35.3 Å². The van der Waals surface area contributed by atoms with Crippen LogP contribution in [0.3, 0.4) is 0 Å². The minimum atomic E-state index is -0.590. The van der Waals surface area contributed by atoms with E-state index < -0.39 is 6.29 Å². The summed E-state index contributed by atoms with van der Waals surface area (Å²) in [5.41, 5.74) is 13.2. The number of benzene rings is 5. The Kier molecular flexibility index (Phi) is 13.4. The number of carbonyl (C=O) groups is 2. The number of carbonyl (C=O) groups excluding carboxylic acids is 2. The number of nitrogens with zero attached hydrogens (tertiary/aromatic N) is 1. The summed E-state index contributed by atoms with van der Waals surface area (Å²) >= 11 is 0. The first-order chi connectivity index (χ1) is 25.9. The molecule has 1 fully saturated rings. The molecular formula is C44H48N4O5. The minimum Gasteiger partial charge on any atom is -0.397 e. The quantitative estimate of drug-likeness (QED) is 0.0784. The molecule has 0 unspecified atom stereocenters. The first-order valence-electron chi connectivity index (χ1n) is 18.2. The van der Waals surface area contributed by atoms with Crippen LogP contribution in [-0.4, -0.2) is 34.5 Å². The minimum absolute atomic E-state index is 0.0112. The van der Waals surface area contributed by atoms with Crippen molar-refractivity contribution in [3.63, 3.8) is 0 Å². The molecule has 3 atom stereocenters. The number of aliphatic hydroxyl groups excluding tert-OH is 1. The second-order valence-electron chi connectivity index (χ2n) is 13.5. The molecule has 5 aromatic carbocycles. The van der Waals surface area contributed by atoms with Gasteiger partial charge in [-0.15, -0.1) is 0 Å². The predicted molar refractivity (Wildman–Crippen MR) is 207 cm³/mol. The van der Waals surface area contributed by atoms with E-state index in [4.69, 9.17) is 15.2 Å². The highest BCUT2D eigenvalue weighted by atomic mass is 16.7. The second kappa shape index (κ2) is 19.0. The van der Waals surface area contributed by atoms with Crippen molar-refractivity contribution in [1.29, 1.82) is 0 Å². The van der Waals surface area contributed by atoms with Gasteiger partial charge in [-0.3, -0.25) is 14.5 Å². The Balaban J connectivity index is 1.08. The van der Waals surface area contributed by atoms with Gasteiger partial charge in [-0.05, 0) is 46.4 Å². The molecule has 5 N–H and O–H groups in total. The van der Waals surface area contributed by atoms with Crippen LogP contribution in [0, 0.1) is 0 Å². The average molecular weight is 713 g/mol. The summed E-state index contributed by atoms with van der Waals surface area (Å²) < 4.78 is 13.3. The maximum Gasteiger partial charge on any atom is 0.224 e. The topological polar surface area (TPSA) is 126 Å². The van der Waals surface area contributed by atoms with Gasteiger partial charge in [0.25, 0.3) is 0 Å². The SMILES string of the molecule is Nc1ccccc1NC(=O)CCCC(=O)NCc1ccc([C@H]2O[C@@H](CN(Cc3ccccc3)Cc3ccccc3)C[C@@H](c3ccc(CO)cc3)O2)cc1. The van der Waals surface area contributed by atoms with Gasteiger partial charge in [-0.1, -0.05) is 121 Å². The molecule has 0 radical (unpaired) electrons. The van der Waals surface area contributed by atoms with Crippen molar-refractivity contribution in [2.75, 3.05) is 17.6 Å². The van der Waals surface area contributed by atoms with Crippen LogP contribution in [0.25, 0.3) is 0 Å². The van der Waals surface area contributed by atoms with Gasteiger partial charge in [0.15, 0.2) is 6.29 Å². The zero-order valence-electron chi connectivity index (χ0n) is 29.9. The van der Waals surface area contributed by atoms with Crippen LogP contribution in [0.1, 0.15) is 71.5 Å². The first kappa shape index (κ1) is 37.4. The molecule has 2 amide bonds. The predicted octanol–water partition coefficient (Wildman–Crippen LogP) is 7.43. The zero-order valence-corrected chi connectivity index (χ0v) is 29.9. The van der Waals surface area contributed by atoms with E-state index in [2.05, 4.69) is 64.1 Å². The number of rotatable bonds is 16. The number of hydrogen-bond donors (Lipinski definition) is 4. The number of nitrogen functional groups attached to an aromatic ring is 1. The van der Waals surface area contributed by atoms with E-state index in [1.165, 1.54) is 11.1 Å². The van der Waals surface area contributed by atoms with Gasteiger partial charge in [0, 0.05) is 51.0 Å².